The van der Waals surface area contributed by atoms with Gasteiger partial charge in [0.1, 0.15) is 10.7 Å². The van der Waals surface area contributed by atoms with E-state index in [1.54, 1.807) is 6.92 Å². The minimum absolute atomic E-state index is 0.00429. The lowest BCUT2D eigenvalue weighted by atomic mass is 10.0. The molecule has 0 bridgehead atoms. The minimum Gasteiger partial charge on any atom is -0.462 e. The summed E-state index contributed by atoms with van der Waals surface area (Å²) in [7, 11) is 0. The molecule has 24 heavy (non-hydrogen) atoms. The van der Waals surface area contributed by atoms with Gasteiger partial charge >= 0.3 is 5.97 Å². The first kappa shape index (κ1) is 20.4. The third-order valence-corrected chi connectivity index (χ3v) is 3.74. The van der Waals surface area contributed by atoms with E-state index in [0.29, 0.717) is 0 Å². The third-order valence-electron chi connectivity index (χ3n) is 3.23. The molecule has 1 atom stereocenters. The number of esters is 1. The van der Waals surface area contributed by atoms with E-state index < -0.39 is 11.8 Å². The van der Waals surface area contributed by atoms with Crippen molar-refractivity contribution in [1.29, 1.82) is 0 Å². The van der Waals surface area contributed by atoms with E-state index in [4.69, 9.17) is 27.9 Å². The van der Waals surface area contributed by atoms with E-state index >= 15 is 0 Å². The molecule has 0 radical (unpaired) electrons. The van der Waals surface area contributed by atoms with Crippen molar-refractivity contribution in [2.24, 2.45) is 5.92 Å². The molecule has 1 rings (SSSR count). The standard InChI is InChI=1S/C16H20Cl2N2O4/c1-4-24-16(23)12(7-19-13(8-21)9(2)3)14(22)11-5-10(17)6-20-15(11)18/h5-7,9,13,19,21H,4,8H2,1-3H3/b12-7-/t13-/m1/s1. The molecule has 0 aliphatic carbocycles. The van der Waals surface area contributed by atoms with Crippen LogP contribution in [0, 0.1) is 5.92 Å². The van der Waals surface area contributed by atoms with Crippen LogP contribution in [-0.4, -0.2) is 41.1 Å². The number of nitrogens with one attached hydrogen (secondary N) is 1. The lowest BCUT2D eigenvalue weighted by molar-refractivity contribution is -0.138. The van der Waals surface area contributed by atoms with Crippen LogP contribution < -0.4 is 5.32 Å². The van der Waals surface area contributed by atoms with E-state index in [9.17, 15) is 14.7 Å². The van der Waals surface area contributed by atoms with E-state index in [-0.39, 0.29) is 46.5 Å². The van der Waals surface area contributed by atoms with Crippen molar-refractivity contribution in [3.8, 4) is 0 Å². The molecule has 0 amide bonds. The molecule has 0 saturated carbocycles. The van der Waals surface area contributed by atoms with Gasteiger partial charge < -0.3 is 15.2 Å². The number of aliphatic hydroxyl groups is 1. The molecule has 8 heteroatoms. The number of halogens is 2. The maximum atomic E-state index is 12.7. The van der Waals surface area contributed by atoms with Crippen LogP contribution >= 0.6 is 23.2 Å². The number of aromatic nitrogens is 1. The van der Waals surface area contributed by atoms with Gasteiger partial charge in [0.05, 0.1) is 29.8 Å². The highest BCUT2D eigenvalue weighted by Crippen LogP contribution is 2.21. The Bertz CT molecular complexity index is 633. The first-order valence-corrected chi connectivity index (χ1v) is 8.17. The quantitative estimate of drug-likeness (QED) is 0.181. The summed E-state index contributed by atoms with van der Waals surface area (Å²) >= 11 is 11.8. The minimum atomic E-state index is -0.800. The second-order valence-electron chi connectivity index (χ2n) is 5.30. The Hall–Kier alpha value is -1.63. The van der Waals surface area contributed by atoms with Crippen LogP contribution in [0.2, 0.25) is 10.2 Å². The Kier molecular flexibility index (Phi) is 8.18. The fraction of sp³-hybridized carbons (Fsp3) is 0.438. The summed E-state index contributed by atoms with van der Waals surface area (Å²) < 4.78 is 4.92. The van der Waals surface area contributed by atoms with Crippen molar-refractivity contribution in [1.82, 2.24) is 10.3 Å². The lowest BCUT2D eigenvalue weighted by Gasteiger charge is -2.19. The molecule has 1 heterocycles. The summed E-state index contributed by atoms with van der Waals surface area (Å²) in [6, 6.07) is 1.01. The van der Waals surface area contributed by atoms with E-state index in [2.05, 4.69) is 10.3 Å². The first-order valence-electron chi connectivity index (χ1n) is 7.41. The number of hydrogen-bond acceptors (Lipinski definition) is 6. The van der Waals surface area contributed by atoms with Gasteiger partial charge in [-0.3, -0.25) is 4.79 Å². The van der Waals surface area contributed by atoms with E-state index in [1.165, 1.54) is 18.5 Å². The number of hydrogen-bond donors (Lipinski definition) is 2. The fourth-order valence-corrected chi connectivity index (χ4v) is 2.15. The number of ether oxygens (including phenoxy) is 1. The highest BCUT2D eigenvalue weighted by molar-refractivity contribution is 6.37. The average molecular weight is 375 g/mol. The Balaban J connectivity index is 3.20. The van der Waals surface area contributed by atoms with Crippen LogP contribution in [0.25, 0.3) is 0 Å². The van der Waals surface area contributed by atoms with Gasteiger partial charge in [-0.05, 0) is 18.9 Å². The molecule has 1 aromatic rings. The van der Waals surface area contributed by atoms with Gasteiger partial charge in [0, 0.05) is 12.4 Å². The maximum Gasteiger partial charge on any atom is 0.343 e. The number of aliphatic hydroxyl groups excluding tert-OH is 1. The smallest absolute Gasteiger partial charge is 0.343 e. The number of ketones is 1. The van der Waals surface area contributed by atoms with E-state index in [1.807, 2.05) is 13.8 Å². The van der Waals surface area contributed by atoms with Crippen molar-refractivity contribution in [3.05, 3.63) is 39.8 Å². The van der Waals surface area contributed by atoms with Crippen LogP contribution in [-0.2, 0) is 9.53 Å². The Labute approximate surface area is 150 Å². The zero-order valence-corrected chi connectivity index (χ0v) is 15.2. The Morgan fingerprint density at radius 3 is 2.62 bits per heavy atom. The van der Waals surface area contributed by atoms with Crippen molar-refractivity contribution < 1.29 is 19.4 Å². The summed E-state index contributed by atoms with van der Waals surface area (Å²) in [5, 5.41) is 12.4. The van der Waals surface area contributed by atoms with Crippen molar-refractivity contribution in [2.75, 3.05) is 13.2 Å². The van der Waals surface area contributed by atoms with Gasteiger partial charge in [-0.1, -0.05) is 37.0 Å². The van der Waals surface area contributed by atoms with Crippen molar-refractivity contribution in [2.45, 2.75) is 26.8 Å². The van der Waals surface area contributed by atoms with Gasteiger partial charge in [0.25, 0.3) is 0 Å². The zero-order valence-electron chi connectivity index (χ0n) is 13.7. The van der Waals surface area contributed by atoms with Crippen LogP contribution in [0.15, 0.2) is 24.0 Å². The molecule has 2 N–H and O–H groups in total. The fourth-order valence-electron chi connectivity index (χ4n) is 1.80. The predicted molar refractivity (Wildman–Crippen MR) is 92.2 cm³/mol. The Morgan fingerprint density at radius 1 is 1.42 bits per heavy atom. The number of pyridine rings is 1. The average Bonchev–Trinajstić information content (AvgIpc) is 2.53. The van der Waals surface area contributed by atoms with Crippen LogP contribution in [0.4, 0.5) is 0 Å². The monoisotopic (exact) mass is 374 g/mol. The molecule has 1 aromatic heterocycles. The lowest BCUT2D eigenvalue weighted by Crippen LogP contribution is -2.34. The summed E-state index contributed by atoms with van der Waals surface area (Å²) in [4.78, 5) is 28.6. The molecular formula is C16H20Cl2N2O4. The number of carbonyl (C=O) groups is 2. The largest absolute Gasteiger partial charge is 0.462 e. The first-order chi connectivity index (χ1) is 11.3. The number of nitrogens with zero attached hydrogens (tertiary/aromatic N) is 1. The zero-order chi connectivity index (χ0) is 18.3. The summed E-state index contributed by atoms with van der Waals surface area (Å²) in [6.45, 7) is 5.37. The molecule has 0 aliphatic heterocycles. The maximum absolute atomic E-state index is 12.7. The predicted octanol–water partition coefficient (Wildman–Crippen LogP) is 2.62. The van der Waals surface area contributed by atoms with Gasteiger partial charge in [0.15, 0.2) is 0 Å². The molecule has 0 fully saturated rings. The highest BCUT2D eigenvalue weighted by Gasteiger charge is 2.25. The summed E-state index contributed by atoms with van der Waals surface area (Å²) in [5.41, 5.74) is -0.253. The van der Waals surface area contributed by atoms with Gasteiger partial charge in [-0.2, -0.15) is 0 Å². The van der Waals surface area contributed by atoms with Gasteiger partial charge in [-0.15, -0.1) is 0 Å². The molecule has 0 aliphatic rings. The van der Waals surface area contributed by atoms with Crippen molar-refractivity contribution >= 4 is 35.0 Å². The van der Waals surface area contributed by atoms with Crippen LogP contribution in [0.5, 0.6) is 0 Å². The van der Waals surface area contributed by atoms with Crippen LogP contribution in [0.1, 0.15) is 31.1 Å². The number of rotatable bonds is 8. The second-order valence-corrected chi connectivity index (χ2v) is 6.09. The summed E-state index contributed by atoms with van der Waals surface area (Å²) in [6.07, 6.45) is 2.53. The number of Topliss-reactive ketones (excluding diaryl/α,β-unsaturated/α-hetero) is 1. The second kappa shape index (κ2) is 9.61. The molecule has 0 unspecified atom stereocenters. The van der Waals surface area contributed by atoms with E-state index in [0.717, 1.165) is 0 Å². The van der Waals surface area contributed by atoms with Crippen LogP contribution in [0.3, 0.4) is 0 Å². The molecule has 6 nitrogen and oxygen atoms in total. The van der Waals surface area contributed by atoms with Gasteiger partial charge in [0.2, 0.25) is 5.78 Å². The molecule has 0 spiro atoms. The van der Waals surface area contributed by atoms with Crippen molar-refractivity contribution in [3.63, 3.8) is 0 Å². The molecular weight excluding hydrogens is 355 g/mol. The molecule has 0 saturated heterocycles. The van der Waals surface area contributed by atoms with Gasteiger partial charge in [-0.25, -0.2) is 9.78 Å². The highest BCUT2D eigenvalue weighted by atomic mass is 35.5. The molecule has 132 valence electrons. The number of carbonyl (C=O) groups excluding carboxylic acids is 2. The topological polar surface area (TPSA) is 88.5 Å². The molecule has 0 aromatic carbocycles. The summed E-state index contributed by atoms with van der Waals surface area (Å²) in [5.74, 6) is -1.38. The Morgan fingerprint density at radius 2 is 2.08 bits per heavy atom. The normalized spacial score (nSPS) is 12.9. The SMILES string of the molecule is CCOC(=O)/C(=C\N[C@H](CO)C(C)C)C(=O)c1cc(Cl)cnc1Cl. The third kappa shape index (κ3) is 5.47.